The largest absolute Gasteiger partial charge is 0.287 e. The number of aromatic nitrogens is 2. The first-order chi connectivity index (χ1) is 8.13. The monoisotopic (exact) mass is 254 g/mol. The van der Waals surface area contributed by atoms with Gasteiger partial charge in [-0.15, -0.1) is 0 Å². The Morgan fingerprint density at radius 3 is 2.59 bits per heavy atom. The van der Waals surface area contributed by atoms with Crippen molar-refractivity contribution < 1.29 is 4.79 Å². The fourth-order valence-corrected chi connectivity index (χ4v) is 1.93. The third kappa shape index (κ3) is 3.43. The van der Waals surface area contributed by atoms with Crippen molar-refractivity contribution in [3.63, 3.8) is 0 Å². The zero-order valence-electron chi connectivity index (χ0n) is 10.7. The van der Waals surface area contributed by atoms with Gasteiger partial charge in [0, 0.05) is 6.54 Å². The lowest BCUT2D eigenvalue weighted by Crippen LogP contribution is -2.09. The van der Waals surface area contributed by atoms with Gasteiger partial charge in [0.2, 0.25) is 5.78 Å². The molecule has 0 N–H and O–H groups in total. The molecule has 0 unspecified atom stereocenters. The number of rotatable bonds is 6. The van der Waals surface area contributed by atoms with Crippen LogP contribution in [0.1, 0.15) is 50.5 Å². The van der Waals surface area contributed by atoms with E-state index < -0.39 is 0 Å². The number of ketones is 1. The lowest BCUT2D eigenvalue weighted by atomic mass is 10.1. The van der Waals surface area contributed by atoms with Crippen molar-refractivity contribution in [2.24, 2.45) is 0 Å². The third-order valence-corrected chi connectivity index (χ3v) is 2.98. The number of carbonyl (C=O) groups excluding carboxylic acids is 1. The zero-order valence-corrected chi connectivity index (χ0v) is 11.4. The van der Waals surface area contributed by atoms with Crippen molar-refractivity contribution in [1.82, 2.24) is 9.78 Å². The smallest absolute Gasteiger partial charge is 0.205 e. The molecule has 3 nitrogen and oxygen atoms in total. The molecule has 0 amide bonds. The van der Waals surface area contributed by atoms with Crippen LogP contribution in [0.15, 0.2) is 17.8 Å². The highest BCUT2D eigenvalue weighted by molar-refractivity contribution is 6.34. The number of nitrogens with zero attached hydrogens (tertiary/aromatic N) is 2. The average Bonchev–Trinajstić information content (AvgIpc) is 2.68. The van der Waals surface area contributed by atoms with Crippen LogP contribution in [-0.4, -0.2) is 15.6 Å². The van der Waals surface area contributed by atoms with Crippen LogP contribution in [0.25, 0.3) is 0 Å². The second-order valence-electron chi connectivity index (χ2n) is 3.94. The van der Waals surface area contributed by atoms with Gasteiger partial charge in [0.25, 0.3) is 0 Å². The van der Waals surface area contributed by atoms with Gasteiger partial charge >= 0.3 is 0 Å². The van der Waals surface area contributed by atoms with Crippen molar-refractivity contribution in [1.29, 1.82) is 0 Å². The van der Waals surface area contributed by atoms with E-state index in [1.54, 1.807) is 10.8 Å². The lowest BCUT2D eigenvalue weighted by Gasteiger charge is -2.05. The molecule has 94 valence electrons. The molecule has 0 aliphatic rings. The molecule has 1 aromatic rings. The summed E-state index contributed by atoms with van der Waals surface area (Å²) >= 11 is 6.01. The topological polar surface area (TPSA) is 34.9 Å². The normalized spacial score (nSPS) is 10.4. The van der Waals surface area contributed by atoms with E-state index in [0.717, 1.165) is 31.4 Å². The van der Waals surface area contributed by atoms with E-state index >= 15 is 0 Å². The fourth-order valence-electron chi connectivity index (χ4n) is 1.70. The van der Waals surface area contributed by atoms with Crippen LogP contribution in [0.5, 0.6) is 0 Å². The molecule has 0 aliphatic carbocycles. The fraction of sp³-hybridized carbons (Fsp3) is 0.538. The molecule has 0 radical (unpaired) electrons. The Kier molecular flexibility index (Phi) is 5.42. The summed E-state index contributed by atoms with van der Waals surface area (Å²) in [5, 5.41) is 4.56. The number of carbonyl (C=O) groups is 1. The Hall–Kier alpha value is -1.09. The van der Waals surface area contributed by atoms with Gasteiger partial charge in [-0.2, -0.15) is 5.10 Å². The van der Waals surface area contributed by atoms with Crippen LogP contribution in [-0.2, 0) is 6.54 Å². The highest BCUT2D eigenvalue weighted by atomic mass is 35.5. The minimum Gasteiger partial charge on any atom is -0.287 e. The first kappa shape index (κ1) is 14.0. The van der Waals surface area contributed by atoms with Gasteiger partial charge in [0.05, 0.1) is 11.2 Å². The Labute approximate surface area is 107 Å². The second kappa shape index (κ2) is 6.60. The van der Waals surface area contributed by atoms with E-state index in [9.17, 15) is 4.79 Å². The molecule has 1 aromatic heterocycles. The quantitative estimate of drug-likeness (QED) is 0.570. The molecular formula is C13H19ClN2O. The van der Waals surface area contributed by atoms with E-state index in [1.807, 2.05) is 20.8 Å². The van der Waals surface area contributed by atoms with Gasteiger partial charge in [-0.3, -0.25) is 9.48 Å². The predicted octanol–water partition coefficient (Wildman–Crippen LogP) is 3.88. The van der Waals surface area contributed by atoms with Gasteiger partial charge in [-0.25, -0.2) is 0 Å². The minimum atomic E-state index is -0.0420. The molecular weight excluding hydrogens is 236 g/mol. The Morgan fingerprint density at radius 2 is 2.06 bits per heavy atom. The maximum atomic E-state index is 12.1. The van der Waals surface area contributed by atoms with Gasteiger partial charge in [-0.05, 0) is 25.3 Å². The van der Waals surface area contributed by atoms with E-state index in [-0.39, 0.29) is 5.78 Å². The van der Waals surface area contributed by atoms with Crippen LogP contribution in [0, 0.1) is 0 Å². The van der Waals surface area contributed by atoms with Crippen LogP contribution in [0.2, 0.25) is 5.02 Å². The highest BCUT2D eigenvalue weighted by Gasteiger charge is 2.15. The molecule has 0 aromatic carbocycles. The van der Waals surface area contributed by atoms with Gasteiger partial charge in [0.1, 0.15) is 5.69 Å². The van der Waals surface area contributed by atoms with E-state index in [4.69, 9.17) is 11.6 Å². The highest BCUT2D eigenvalue weighted by Crippen LogP contribution is 2.18. The van der Waals surface area contributed by atoms with Crippen LogP contribution >= 0.6 is 11.6 Å². The molecule has 0 spiro atoms. The second-order valence-corrected chi connectivity index (χ2v) is 4.35. The summed E-state index contributed by atoms with van der Waals surface area (Å²) in [5.41, 5.74) is 1.64. The summed E-state index contributed by atoms with van der Waals surface area (Å²) in [7, 11) is 0. The van der Waals surface area contributed by atoms with Crippen LogP contribution < -0.4 is 0 Å². The first-order valence-electron chi connectivity index (χ1n) is 6.09. The number of halogens is 1. The van der Waals surface area contributed by atoms with Crippen molar-refractivity contribution in [2.75, 3.05) is 0 Å². The van der Waals surface area contributed by atoms with Gasteiger partial charge in [-0.1, -0.05) is 37.9 Å². The van der Waals surface area contributed by atoms with Crippen molar-refractivity contribution >= 4 is 17.4 Å². The Morgan fingerprint density at radius 1 is 1.41 bits per heavy atom. The van der Waals surface area contributed by atoms with Crippen molar-refractivity contribution in [3.8, 4) is 0 Å². The average molecular weight is 255 g/mol. The number of allylic oxidation sites excluding steroid dienone is 2. The van der Waals surface area contributed by atoms with Crippen LogP contribution in [0.4, 0.5) is 0 Å². The summed E-state index contributed by atoms with van der Waals surface area (Å²) in [4.78, 5) is 12.1. The van der Waals surface area contributed by atoms with E-state index in [2.05, 4.69) is 5.10 Å². The summed E-state index contributed by atoms with van der Waals surface area (Å²) in [5.74, 6) is -0.0420. The maximum Gasteiger partial charge on any atom is 0.205 e. The summed E-state index contributed by atoms with van der Waals surface area (Å²) < 4.78 is 1.68. The molecule has 0 bridgehead atoms. The molecule has 4 heteroatoms. The standard InChI is InChI=1S/C13H19ClN2O/c1-4-7-16-13(11(14)9-15-16)12(17)8-10(5-2)6-3/h8-9H,4-7H2,1-3H3. The maximum absolute atomic E-state index is 12.1. The molecule has 0 fully saturated rings. The zero-order chi connectivity index (χ0) is 12.8. The minimum absolute atomic E-state index is 0.0420. The molecule has 0 saturated heterocycles. The first-order valence-corrected chi connectivity index (χ1v) is 6.46. The molecule has 0 aliphatic heterocycles. The summed E-state index contributed by atoms with van der Waals surface area (Å²) in [6.45, 7) is 6.86. The molecule has 1 heterocycles. The summed E-state index contributed by atoms with van der Waals surface area (Å²) in [6, 6.07) is 0. The summed E-state index contributed by atoms with van der Waals surface area (Å²) in [6.07, 6.45) is 5.94. The van der Waals surface area contributed by atoms with E-state index in [0.29, 0.717) is 10.7 Å². The molecule has 1 rings (SSSR count). The van der Waals surface area contributed by atoms with Crippen LogP contribution in [0.3, 0.4) is 0 Å². The van der Waals surface area contributed by atoms with Gasteiger partial charge < -0.3 is 0 Å². The van der Waals surface area contributed by atoms with Crippen molar-refractivity contribution in [3.05, 3.63) is 28.6 Å². The number of hydrogen-bond acceptors (Lipinski definition) is 2. The lowest BCUT2D eigenvalue weighted by molar-refractivity contribution is 0.103. The number of aryl methyl sites for hydroxylation is 1. The third-order valence-electron chi connectivity index (χ3n) is 2.71. The number of hydrogen-bond donors (Lipinski definition) is 0. The molecule has 0 saturated carbocycles. The van der Waals surface area contributed by atoms with Crippen molar-refractivity contribution in [2.45, 2.75) is 46.6 Å². The molecule has 0 atom stereocenters. The Balaban J connectivity index is 3.02. The van der Waals surface area contributed by atoms with E-state index in [1.165, 1.54) is 6.20 Å². The van der Waals surface area contributed by atoms with Gasteiger partial charge in [0.15, 0.2) is 0 Å². The molecule has 17 heavy (non-hydrogen) atoms. The Bertz CT molecular complexity index is 415. The SMILES string of the molecule is CCCn1ncc(Cl)c1C(=O)C=C(CC)CC. The predicted molar refractivity (Wildman–Crippen MR) is 70.5 cm³/mol.